The van der Waals surface area contributed by atoms with E-state index in [-0.39, 0.29) is 5.41 Å². The van der Waals surface area contributed by atoms with Crippen molar-refractivity contribution in [3.63, 3.8) is 0 Å². The van der Waals surface area contributed by atoms with Gasteiger partial charge < -0.3 is 4.90 Å². The van der Waals surface area contributed by atoms with Crippen molar-refractivity contribution in [1.29, 1.82) is 0 Å². The molecule has 7 rings (SSSR count). The number of aromatic nitrogens is 2. The van der Waals surface area contributed by atoms with E-state index in [1.54, 1.807) is 0 Å². The normalized spacial score (nSPS) is 13.4. The van der Waals surface area contributed by atoms with Crippen molar-refractivity contribution >= 4 is 17.1 Å². The van der Waals surface area contributed by atoms with Crippen LogP contribution in [0.25, 0.3) is 33.9 Å². The standard InChI is InChI=1S/C38H31N3/c1-26-13-7-8-16-30(26)34-25-33(27-14-5-4-6-15-27)39-37(40-34)28-21-23-29(24-22-28)41-35-19-11-9-17-31(35)38(2,3)32-18-10-12-20-36(32)41/h4-25H,1-3H3. The van der Waals surface area contributed by atoms with Crippen LogP contribution in [0.3, 0.4) is 0 Å². The predicted molar refractivity (Wildman–Crippen MR) is 170 cm³/mol. The van der Waals surface area contributed by atoms with Crippen LogP contribution in [0.1, 0.15) is 30.5 Å². The Bertz CT molecular complexity index is 1820. The third-order valence-corrected chi connectivity index (χ3v) is 8.24. The highest BCUT2D eigenvalue weighted by atomic mass is 15.2. The van der Waals surface area contributed by atoms with Crippen LogP contribution in [0.5, 0.6) is 0 Å². The molecule has 1 aliphatic rings. The van der Waals surface area contributed by atoms with Crippen molar-refractivity contribution in [1.82, 2.24) is 9.97 Å². The van der Waals surface area contributed by atoms with Gasteiger partial charge in [0, 0.05) is 27.8 Å². The van der Waals surface area contributed by atoms with E-state index in [1.807, 2.05) is 6.07 Å². The lowest BCUT2D eigenvalue weighted by Crippen LogP contribution is -2.30. The third kappa shape index (κ3) is 4.31. The monoisotopic (exact) mass is 529 g/mol. The van der Waals surface area contributed by atoms with E-state index in [2.05, 4.69) is 153 Å². The Balaban J connectivity index is 1.35. The third-order valence-electron chi connectivity index (χ3n) is 8.24. The zero-order chi connectivity index (χ0) is 28.0. The molecular weight excluding hydrogens is 498 g/mol. The summed E-state index contributed by atoms with van der Waals surface area (Å²) in [5.74, 6) is 0.719. The molecule has 0 amide bonds. The molecular formula is C38H31N3. The van der Waals surface area contributed by atoms with Gasteiger partial charge in [-0.3, -0.25) is 0 Å². The lowest BCUT2D eigenvalue weighted by atomic mass is 9.73. The number of para-hydroxylation sites is 2. The summed E-state index contributed by atoms with van der Waals surface area (Å²) in [5.41, 5.74) is 12.3. The minimum atomic E-state index is -0.0820. The van der Waals surface area contributed by atoms with Crippen LogP contribution in [0.2, 0.25) is 0 Å². The first-order chi connectivity index (χ1) is 20.0. The summed E-state index contributed by atoms with van der Waals surface area (Å²) in [6.45, 7) is 6.76. The van der Waals surface area contributed by atoms with Crippen LogP contribution < -0.4 is 4.90 Å². The second kappa shape index (κ2) is 9.87. The van der Waals surface area contributed by atoms with Crippen LogP contribution in [0.4, 0.5) is 17.1 Å². The molecule has 1 aromatic heterocycles. The molecule has 2 heterocycles. The van der Waals surface area contributed by atoms with Crippen molar-refractivity contribution in [2.75, 3.05) is 4.90 Å². The highest BCUT2D eigenvalue weighted by Crippen LogP contribution is 2.51. The number of anilines is 3. The number of rotatable bonds is 4. The zero-order valence-electron chi connectivity index (χ0n) is 23.5. The van der Waals surface area contributed by atoms with E-state index >= 15 is 0 Å². The summed E-state index contributed by atoms with van der Waals surface area (Å²) in [4.78, 5) is 12.5. The lowest BCUT2D eigenvalue weighted by Gasteiger charge is -2.42. The number of benzene rings is 5. The Labute approximate surface area is 241 Å². The summed E-state index contributed by atoms with van der Waals surface area (Å²) in [6, 6.07) is 47.0. The topological polar surface area (TPSA) is 29.0 Å². The first kappa shape index (κ1) is 25.0. The van der Waals surface area contributed by atoms with Crippen molar-refractivity contribution < 1.29 is 0 Å². The molecule has 41 heavy (non-hydrogen) atoms. The zero-order valence-corrected chi connectivity index (χ0v) is 23.5. The lowest BCUT2D eigenvalue weighted by molar-refractivity contribution is 0.632. The van der Waals surface area contributed by atoms with Gasteiger partial charge in [-0.1, -0.05) is 105 Å². The fourth-order valence-corrected chi connectivity index (χ4v) is 6.04. The SMILES string of the molecule is Cc1ccccc1-c1cc(-c2ccccc2)nc(-c2ccc(N3c4ccccc4C(C)(C)c4ccccc43)cc2)n1. The Morgan fingerprint density at radius 2 is 1.10 bits per heavy atom. The number of nitrogens with zero attached hydrogens (tertiary/aromatic N) is 3. The molecule has 0 saturated carbocycles. The minimum absolute atomic E-state index is 0.0820. The molecule has 0 radical (unpaired) electrons. The van der Waals surface area contributed by atoms with Crippen molar-refractivity contribution in [3.05, 3.63) is 150 Å². The maximum absolute atomic E-state index is 5.07. The van der Waals surface area contributed by atoms with E-state index in [9.17, 15) is 0 Å². The molecule has 0 bridgehead atoms. The molecule has 0 atom stereocenters. The molecule has 1 aliphatic heterocycles. The van der Waals surface area contributed by atoms with E-state index in [0.29, 0.717) is 0 Å². The fourth-order valence-electron chi connectivity index (χ4n) is 6.04. The summed E-state index contributed by atoms with van der Waals surface area (Å²) >= 11 is 0. The highest BCUT2D eigenvalue weighted by molar-refractivity contribution is 5.86. The second-order valence-corrected chi connectivity index (χ2v) is 11.2. The maximum atomic E-state index is 5.07. The van der Waals surface area contributed by atoms with Gasteiger partial charge in [0.25, 0.3) is 0 Å². The quantitative estimate of drug-likeness (QED) is 0.227. The predicted octanol–water partition coefficient (Wildman–Crippen LogP) is 9.90. The van der Waals surface area contributed by atoms with Crippen LogP contribution in [-0.4, -0.2) is 9.97 Å². The van der Waals surface area contributed by atoms with Crippen LogP contribution in [-0.2, 0) is 5.41 Å². The van der Waals surface area contributed by atoms with Gasteiger partial charge in [0.1, 0.15) is 0 Å². The van der Waals surface area contributed by atoms with Crippen LogP contribution >= 0.6 is 0 Å². The number of hydrogen-bond acceptors (Lipinski definition) is 3. The maximum Gasteiger partial charge on any atom is 0.160 e. The summed E-state index contributed by atoms with van der Waals surface area (Å²) in [7, 11) is 0. The van der Waals surface area contributed by atoms with Crippen LogP contribution in [0, 0.1) is 6.92 Å². The second-order valence-electron chi connectivity index (χ2n) is 11.2. The van der Waals surface area contributed by atoms with Gasteiger partial charge in [0.15, 0.2) is 5.82 Å². The van der Waals surface area contributed by atoms with Gasteiger partial charge in [0.05, 0.1) is 22.8 Å². The first-order valence-corrected chi connectivity index (χ1v) is 14.1. The van der Waals surface area contributed by atoms with Crippen molar-refractivity contribution in [2.24, 2.45) is 0 Å². The van der Waals surface area contributed by atoms with Gasteiger partial charge in [0.2, 0.25) is 0 Å². The fraction of sp³-hybridized carbons (Fsp3) is 0.105. The Hall–Kier alpha value is -5.02. The van der Waals surface area contributed by atoms with Gasteiger partial charge >= 0.3 is 0 Å². The van der Waals surface area contributed by atoms with Crippen LogP contribution in [0.15, 0.2) is 133 Å². The number of aryl methyl sites for hydroxylation is 1. The highest BCUT2D eigenvalue weighted by Gasteiger charge is 2.36. The molecule has 0 unspecified atom stereocenters. The summed E-state index contributed by atoms with van der Waals surface area (Å²) in [5, 5.41) is 0. The van der Waals surface area contributed by atoms with Gasteiger partial charge in [-0.05, 0) is 66.1 Å². The molecule has 0 spiro atoms. The van der Waals surface area contributed by atoms with E-state index in [0.717, 1.165) is 39.6 Å². The molecule has 3 heteroatoms. The average Bonchev–Trinajstić information content (AvgIpc) is 3.02. The van der Waals surface area contributed by atoms with E-state index in [4.69, 9.17) is 9.97 Å². The first-order valence-electron chi connectivity index (χ1n) is 14.1. The van der Waals surface area contributed by atoms with Crippen molar-refractivity contribution in [3.8, 4) is 33.9 Å². The number of hydrogen-bond donors (Lipinski definition) is 0. The largest absolute Gasteiger partial charge is 0.310 e. The average molecular weight is 530 g/mol. The Morgan fingerprint density at radius 1 is 0.537 bits per heavy atom. The molecule has 5 aromatic carbocycles. The minimum Gasteiger partial charge on any atom is -0.310 e. The summed E-state index contributed by atoms with van der Waals surface area (Å²) < 4.78 is 0. The van der Waals surface area contributed by atoms with E-state index < -0.39 is 0 Å². The Kier molecular flexibility index (Phi) is 6.01. The van der Waals surface area contributed by atoms with E-state index in [1.165, 1.54) is 28.1 Å². The molecule has 0 fully saturated rings. The van der Waals surface area contributed by atoms with Gasteiger partial charge in [-0.2, -0.15) is 0 Å². The molecule has 0 N–H and O–H groups in total. The van der Waals surface area contributed by atoms with Gasteiger partial charge in [-0.25, -0.2) is 9.97 Å². The Morgan fingerprint density at radius 3 is 1.76 bits per heavy atom. The smallest absolute Gasteiger partial charge is 0.160 e. The summed E-state index contributed by atoms with van der Waals surface area (Å²) in [6.07, 6.45) is 0. The van der Waals surface area contributed by atoms with Crippen molar-refractivity contribution in [2.45, 2.75) is 26.2 Å². The molecule has 0 aliphatic carbocycles. The number of fused-ring (bicyclic) bond motifs is 2. The van der Waals surface area contributed by atoms with Gasteiger partial charge in [-0.15, -0.1) is 0 Å². The molecule has 6 aromatic rings. The molecule has 0 saturated heterocycles. The molecule has 198 valence electrons. The molecule has 3 nitrogen and oxygen atoms in total.